The molecule has 2 amide bonds. The van der Waals surface area contributed by atoms with Gasteiger partial charge in [-0.3, -0.25) is 9.59 Å². The highest BCUT2D eigenvalue weighted by molar-refractivity contribution is 5.98. The third-order valence-corrected chi connectivity index (χ3v) is 9.53. The fourth-order valence-corrected chi connectivity index (χ4v) is 7.15. The van der Waals surface area contributed by atoms with Gasteiger partial charge in [0.2, 0.25) is 11.7 Å². The molecule has 0 bridgehead atoms. The van der Waals surface area contributed by atoms with E-state index in [4.69, 9.17) is 16.2 Å². The second kappa shape index (κ2) is 9.76. The van der Waals surface area contributed by atoms with Gasteiger partial charge in [0, 0.05) is 24.6 Å². The summed E-state index contributed by atoms with van der Waals surface area (Å²) in [5.41, 5.74) is 11.8. The van der Waals surface area contributed by atoms with Crippen molar-refractivity contribution in [3.8, 4) is 5.75 Å². The summed E-state index contributed by atoms with van der Waals surface area (Å²) in [7, 11) is 0. The summed E-state index contributed by atoms with van der Waals surface area (Å²) in [5.74, 6) is -2.67. The first kappa shape index (κ1) is 27.6. The topological polar surface area (TPSA) is 200 Å². The molecule has 1 saturated carbocycles. The SMILES string of the molecule is CC1(C)CCOc2c(C(=O)N[C@H]3CN4C(N)=N[C@@H](CNC(=O)C5CCCCC5)[C@@H]5N=C(N)N[C@@]54C3(O)O)cccc21. The number of carbonyl (C=O) groups excluding carboxylic acids is 2. The Labute approximate surface area is 238 Å². The number of fused-ring (bicyclic) bond motifs is 1. The van der Waals surface area contributed by atoms with Crippen LogP contribution in [0.5, 0.6) is 5.75 Å². The third kappa shape index (κ3) is 4.28. The number of para-hydroxylation sites is 1. The largest absolute Gasteiger partial charge is 0.492 e. The first-order chi connectivity index (χ1) is 19.5. The average Bonchev–Trinajstić information content (AvgIpc) is 3.41. The second-order valence-corrected chi connectivity index (χ2v) is 12.5. The smallest absolute Gasteiger partial charge is 0.255 e. The number of rotatable bonds is 5. The van der Waals surface area contributed by atoms with Crippen LogP contribution in [0.3, 0.4) is 0 Å². The summed E-state index contributed by atoms with van der Waals surface area (Å²) in [6.45, 7) is 4.71. The quantitative estimate of drug-likeness (QED) is 0.223. The van der Waals surface area contributed by atoms with E-state index in [9.17, 15) is 19.8 Å². The number of aliphatic hydroxyl groups is 2. The molecule has 222 valence electrons. The maximum Gasteiger partial charge on any atom is 0.255 e. The third-order valence-electron chi connectivity index (χ3n) is 9.53. The Balaban J connectivity index is 1.25. The molecule has 9 N–H and O–H groups in total. The van der Waals surface area contributed by atoms with E-state index in [1.165, 1.54) is 4.90 Å². The Kier molecular flexibility index (Phi) is 6.57. The minimum atomic E-state index is -2.57. The van der Waals surface area contributed by atoms with Crippen molar-refractivity contribution in [1.82, 2.24) is 20.9 Å². The minimum Gasteiger partial charge on any atom is -0.492 e. The fourth-order valence-electron chi connectivity index (χ4n) is 7.15. The van der Waals surface area contributed by atoms with E-state index < -0.39 is 35.5 Å². The van der Waals surface area contributed by atoms with E-state index in [1.807, 2.05) is 6.07 Å². The lowest BCUT2D eigenvalue weighted by molar-refractivity contribution is -0.230. The van der Waals surface area contributed by atoms with Crippen molar-refractivity contribution >= 4 is 23.7 Å². The van der Waals surface area contributed by atoms with Crippen LogP contribution in [-0.2, 0) is 10.2 Å². The van der Waals surface area contributed by atoms with Crippen molar-refractivity contribution < 1.29 is 24.5 Å². The highest BCUT2D eigenvalue weighted by atomic mass is 16.5. The summed E-state index contributed by atoms with van der Waals surface area (Å²) in [6, 6.07) is 2.60. The van der Waals surface area contributed by atoms with Crippen LogP contribution in [0.15, 0.2) is 28.2 Å². The van der Waals surface area contributed by atoms with Crippen molar-refractivity contribution in [3.05, 3.63) is 29.3 Å². The van der Waals surface area contributed by atoms with Crippen LogP contribution in [0.1, 0.15) is 68.3 Å². The molecule has 4 aliphatic heterocycles. The van der Waals surface area contributed by atoms with Crippen molar-refractivity contribution in [1.29, 1.82) is 0 Å². The zero-order valence-electron chi connectivity index (χ0n) is 23.5. The van der Waals surface area contributed by atoms with E-state index in [0.717, 1.165) is 44.1 Å². The van der Waals surface area contributed by atoms with Gasteiger partial charge < -0.3 is 47.3 Å². The Hall–Kier alpha value is -3.58. The van der Waals surface area contributed by atoms with Gasteiger partial charge in [-0.2, -0.15) is 0 Å². The van der Waals surface area contributed by atoms with Gasteiger partial charge >= 0.3 is 0 Å². The number of hydrogen-bond acceptors (Lipinski definition) is 11. The van der Waals surface area contributed by atoms with Gasteiger partial charge in [-0.15, -0.1) is 0 Å². The molecule has 5 aliphatic rings. The molecular formula is C28H40N8O5. The van der Waals surface area contributed by atoms with E-state index in [2.05, 4.69) is 39.8 Å². The number of ether oxygens (including phenoxy) is 1. The van der Waals surface area contributed by atoms with Crippen molar-refractivity contribution in [2.45, 2.75) is 87.4 Å². The van der Waals surface area contributed by atoms with Gasteiger partial charge in [-0.25, -0.2) is 9.98 Å². The standard InChI is InChI=1S/C28H40N8O5/c1-26(2)11-12-41-20-16(9-6-10-17(20)26)23(38)33-19-14-36-25(30)32-18(13-31-22(37)15-7-4-3-5-8-15)21-27(36,28(19,39)40)35-24(29)34-21/h6,9-10,15,18-19,21,39-40H,3-5,7-8,11-14H2,1-2H3,(H2,30,32)(H,31,37)(H,33,38)(H3,29,34,35)/t18-,19-,21-,27-/m0/s1. The summed E-state index contributed by atoms with van der Waals surface area (Å²) in [5, 5.41) is 32.2. The number of amides is 2. The molecule has 1 aliphatic carbocycles. The molecule has 6 rings (SSSR count). The summed E-state index contributed by atoms with van der Waals surface area (Å²) >= 11 is 0. The minimum absolute atomic E-state index is 0.0132. The summed E-state index contributed by atoms with van der Waals surface area (Å²) < 4.78 is 5.91. The number of hydrogen-bond donors (Lipinski definition) is 7. The van der Waals surface area contributed by atoms with Gasteiger partial charge in [0.05, 0.1) is 18.2 Å². The average molecular weight is 569 g/mol. The molecule has 1 aromatic rings. The molecule has 0 unspecified atom stereocenters. The molecule has 1 spiro atoms. The molecule has 0 aromatic heterocycles. The highest BCUT2D eigenvalue weighted by Crippen LogP contribution is 2.45. The Morgan fingerprint density at radius 2 is 1.93 bits per heavy atom. The predicted molar refractivity (Wildman–Crippen MR) is 151 cm³/mol. The fraction of sp³-hybridized carbons (Fsp3) is 0.643. The maximum absolute atomic E-state index is 13.6. The predicted octanol–water partition coefficient (Wildman–Crippen LogP) is -0.782. The number of guanidine groups is 2. The van der Waals surface area contributed by atoms with Crippen molar-refractivity contribution in [2.75, 3.05) is 19.7 Å². The number of nitrogens with zero attached hydrogens (tertiary/aromatic N) is 3. The summed E-state index contributed by atoms with van der Waals surface area (Å²) in [4.78, 5) is 37.0. The maximum atomic E-state index is 13.6. The van der Waals surface area contributed by atoms with E-state index >= 15 is 0 Å². The highest BCUT2D eigenvalue weighted by Gasteiger charge is 2.73. The first-order valence-electron chi connectivity index (χ1n) is 14.5. The normalized spacial score (nSPS) is 31.4. The van der Waals surface area contributed by atoms with Gasteiger partial charge in [0.25, 0.3) is 5.91 Å². The van der Waals surface area contributed by atoms with Crippen LogP contribution in [0.4, 0.5) is 0 Å². The van der Waals surface area contributed by atoms with Gasteiger partial charge in [-0.05, 0) is 30.7 Å². The lowest BCUT2D eigenvalue weighted by Gasteiger charge is -2.49. The second-order valence-electron chi connectivity index (χ2n) is 12.5. The molecule has 13 heteroatoms. The Morgan fingerprint density at radius 3 is 2.68 bits per heavy atom. The molecule has 1 saturated heterocycles. The zero-order chi connectivity index (χ0) is 29.2. The first-order valence-corrected chi connectivity index (χ1v) is 14.5. The van der Waals surface area contributed by atoms with Crippen LogP contribution in [0.25, 0.3) is 0 Å². The molecular weight excluding hydrogens is 528 g/mol. The van der Waals surface area contributed by atoms with E-state index in [0.29, 0.717) is 17.9 Å². The van der Waals surface area contributed by atoms with Gasteiger partial charge in [0.15, 0.2) is 17.6 Å². The van der Waals surface area contributed by atoms with E-state index in [-0.39, 0.29) is 42.2 Å². The monoisotopic (exact) mass is 568 g/mol. The molecule has 41 heavy (non-hydrogen) atoms. The molecule has 13 nitrogen and oxygen atoms in total. The number of benzene rings is 1. The lowest BCUT2D eigenvalue weighted by Crippen LogP contribution is -2.78. The molecule has 4 heterocycles. The van der Waals surface area contributed by atoms with Crippen LogP contribution in [0.2, 0.25) is 0 Å². The summed E-state index contributed by atoms with van der Waals surface area (Å²) in [6.07, 6.45) is 5.70. The lowest BCUT2D eigenvalue weighted by atomic mass is 9.79. The molecule has 2 fully saturated rings. The van der Waals surface area contributed by atoms with Crippen LogP contribution in [-0.4, -0.2) is 88.1 Å². The number of nitrogens with one attached hydrogen (secondary N) is 3. The van der Waals surface area contributed by atoms with Crippen molar-refractivity contribution in [2.24, 2.45) is 27.4 Å². The number of aliphatic imine (C=N–C) groups is 2. The van der Waals surface area contributed by atoms with Crippen LogP contribution < -0.4 is 32.2 Å². The van der Waals surface area contributed by atoms with Crippen LogP contribution >= 0.6 is 0 Å². The van der Waals surface area contributed by atoms with Crippen molar-refractivity contribution in [3.63, 3.8) is 0 Å². The molecule has 1 aromatic carbocycles. The van der Waals surface area contributed by atoms with Gasteiger partial charge in [-0.1, -0.05) is 45.2 Å². The van der Waals surface area contributed by atoms with E-state index in [1.54, 1.807) is 12.1 Å². The Morgan fingerprint density at radius 1 is 1.17 bits per heavy atom. The Bertz CT molecular complexity index is 1310. The number of nitrogens with two attached hydrogens (primary N) is 2. The van der Waals surface area contributed by atoms with Gasteiger partial charge in [0.1, 0.15) is 17.8 Å². The number of carbonyl (C=O) groups is 2. The van der Waals surface area contributed by atoms with Crippen LogP contribution in [0, 0.1) is 5.92 Å². The zero-order valence-corrected chi connectivity index (χ0v) is 23.5. The molecule has 4 atom stereocenters. The molecule has 0 radical (unpaired) electrons.